The van der Waals surface area contributed by atoms with E-state index in [1.807, 2.05) is 6.07 Å². The van der Waals surface area contributed by atoms with Gasteiger partial charge in [-0.25, -0.2) is 0 Å². The first-order valence-electron chi connectivity index (χ1n) is 6.30. The molecule has 0 amide bonds. The first-order chi connectivity index (χ1) is 8.10. The maximum absolute atomic E-state index is 6.43. The summed E-state index contributed by atoms with van der Waals surface area (Å²) in [6.45, 7) is 4.46. The van der Waals surface area contributed by atoms with Gasteiger partial charge in [0.2, 0.25) is 0 Å². The SMILES string of the molecule is CCCC(CCC)C(N)c1cc(Br)ccc1Br. The monoisotopic (exact) mass is 361 g/mol. The predicted octanol–water partition coefficient (Wildman–Crippen LogP) is 5.43. The van der Waals surface area contributed by atoms with Gasteiger partial charge in [0.05, 0.1) is 0 Å². The topological polar surface area (TPSA) is 26.0 Å². The van der Waals surface area contributed by atoms with Crippen LogP contribution in [0.5, 0.6) is 0 Å². The van der Waals surface area contributed by atoms with E-state index in [1.54, 1.807) is 0 Å². The van der Waals surface area contributed by atoms with E-state index in [0.29, 0.717) is 5.92 Å². The second-order valence-corrected chi connectivity index (χ2v) is 6.30. The van der Waals surface area contributed by atoms with Crippen LogP contribution in [0.15, 0.2) is 27.1 Å². The van der Waals surface area contributed by atoms with Crippen molar-refractivity contribution in [1.29, 1.82) is 0 Å². The van der Waals surface area contributed by atoms with E-state index in [4.69, 9.17) is 5.73 Å². The summed E-state index contributed by atoms with van der Waals surface area (Å²) in [6, 6.07) is 6.36. The maximum Gasteiger partial charge on any atom is 0.0335 e. The van der Waals surface area contributed by atoms with Crippen molar-refractivity contribution in [3.8, 4) is 0 Å². The highest BCUT2D eigenvalue weighted by molar-refractivity contribution is 9.11. The normalized spacial score (nSPS) is 13.1. The van der Waals surface area contributed by atoms with Crippen LogP contribution in [0.2, 0.25) is 0 Å². The molecule has 0 saturated heterocycles. The summed E-state index contributed by atoms with van der Waals surface area (Å²) in [5.74, 6) is 0.579. The van der Waals surface area contributed by atoms with Gasteiger partial charge in [-0.1, -0.05) is 58.5 Å². The maximum atomic E-state index is 6.43. The molecule has 0 aliphatic rings. The van der Waals surface area contributed by atoms with E-state index >= 15 is 0 Å². The molecular weight excluding hydrogens is 342 g/mol. The highest BCUT2D eigenvalue weighted by Gasteiger charge is 2.20. The molecule has 0 aromatic heterocycles. The molecule has 1 aromatic rings. The second kappa shape index (κ2) is 7.55. The van der Waals surface area contributed by atoms with Gasteiger partial charge in [-0.05, 0) is 42.5 Å². The third kappa shape index (κ3) is 4.38. The Morgan fingerprint density at radius 2 is 1.71 bits per heavy atom. The minimum atomic E-state index is 0.127. The fourth-order valence-electron chi connectivity index (χ4n) is 2.27. The molecule has 0 aliphatic carbocycles. The molecule has 0 saturated carbocycles. The van der Waals surface area contributed by atoms with Gasteiger partial charge in [0, 0.05) is 15.0 Å². The molecular formula is C14H21Br2N. The van der Waals surface area contributed by atoms with Crippen molar-refractivity contribution in [3.05, 3.63) is 32.7 Å². The molecule has 1 unspecified atom stereocenters. The molecule has 17 heavy (non-hydrogen) atoms. The summed E-state index contributed by atoms with van der Waals surface area (Å²) in [7, 11) is 0. The van der Waals surface area contributed by atoms with Gasteiger partial charge in [-0.3, -0.25) is 0 Å². The number of halogens is 2. The number of nitrogens with two attached hydrogens (primary N) is 1. The minimum Gasteiger partial charge on any atom is -0.324 e. The molecule has 0 spiro atoms. The van der Waals surface area contributed by atoms with Crippen molar-refractivity contribution in [3.63, 3.8) is 0 Å². The number of rotatable bonds is 6. The van der Waals surface area contributed by atoms with Crippen LogP contribution in [-0.4, -0.2) is 0 Å². The van der Waals surface area contributed by atoms with Crippen molar-refractivity contribution in [2.75, 3.05) is 0 Å². The summed E-state index contributed by atoms with van der Waals surface area (Å²) in [6.07, 6.45) is 4.80. The molecule has 1 atom stereocenters. The minimum absolute atomic E-state index is 0.127. The van der Waals surface area contributed by atoms with Crippen molar-refractivity contribution in [2.24, 2.45) is 11.7 Å². The Balaban J connectivity index is 2.91. The average Bonchev–Trinajstić information content (AvgIpc) is 2.31. The van der Waals surface area contributed by atoms with E-state index in [-0.39, 0.29) is 6.04 Å². The zero-order valence-corrected chi connectivity index (χ0v) is 13.7. The molecule has 1 nitrogen and oxygen atoms in total. The van der Waals surface area contributed by atoms with Crippen LogP contribution < -0.4 is 5.73 Å². The molecule has 0 bridgehead atoms. The number of hydrogen-bond acceptors (Lipinski definition) is 1. The lowest BCUT2D eigenvalue weighted by Gasteiger charge is -2.24. The quantitative estimate of drug-likeness (QED) is 0.717. The standard InChI is InChI=1S/C14H21Br2N/c1-3-5-10(6-4-2)14(17)12-9-11(15)7-8-13(12)16/h7-10,14H,3-6,17H2,1-2H3. The fourth-order valence-corrected chi connectivity index (χ4v) is 3.16. The molecule has 0 fully saturated rings. The van der Waals surface area contributed by atoms with Crippen LogP contribution in [0.25, 0.3) is 0 Å². The zero-order valence-electron chi connectivity index (χ0n) is 10.5. The Hall–Kier alpha value is 0.140. The summed E-state index contributed by atoms with van der Waals surface area (Å²) in [4.78, 5) is 0. The zero-order chi connectivity index (χ0) is 12.8. The second-order valence-electron chi connectivity index (χ2n) is 4.53. The first kappa shape index (κ1) is 15.2. The van der Waals surface area contributed by atoms with Gasteiger partial charge in [0.25, 0.3) is 0 Å². The van der Waals surface area contributed by atoms with Gasteiger partial charge < -0.3 is 5.73 Å². The lowest BCUT2D eigenvalue weighted by atomic mass is 9.87. The first-order valence-corrected chi connectivity index (χ1v) is 7.89. The van der Waals surface area contributed by atoms with E-state index in [2.05, 4.69) is 57.8 Å². The smallest absolute Gasteiger partial charge is 0.0335 e. The van der Waals surface area contributed by atoms with Crippen LogP contribution in [0.4, 0.5) is 0 Å². The van der Waals surface area contributed by atoms with Crippen LogP contribution in [0.3, 0.4) is 0 Å². The molecule has 1 aromatic carbocycles. The Morgan fingerprint density at radius 3 is 2.24 bits per heavy atom. The van der Waals surface area contributed by atoms with E-state index in [0.717, 1.165) is 8.95 Å². The number of hydrogen-bond donors (Lipinski definition) is 1. The molecule has 0 radical (unpaired) electrons. The van der Waals surface area contributed by atoms with Gasteiger partial charge >= 0.3 is 0 Å². The highest BCUT2D eigenvalue weighted by atomic mass is 79.9. The molecule has 0 aliphatic heterocycles. The van der Waals surface area contributed by atoms with E-state index in [1.165, 1.54) is 31.2 Å². The van der Waals surface area contributed by atoms with Crippen molar-refractivity contribution < 1.29 is 0 Å². The lowest BCUT2D eigenvalue weighted by molar-refractivity contribution is 0.368. The van der Waals surface area contributed by atoms with Crippen LogP contribution in [0, 0.1) is 5.92 Å². The van der Waals surface area contributed by atoms with Crippen molar-refractivity contribution in [2.45, 2.75) is 45.6 Å². The van der Waals surface area contributed by atoms with E-state index < -0.39 is 0 Å². The molecule has 1 rings (SSSR count). The largest absolute Gasteiger partial charge is 0.324 e. The van der Waals surface area contributed by atoms with Crippen molar-refractivity contribution >= 4 is 31.9 Å². The Bertz CT molecular complexity index is 346. The third-order valence-corrected chi connectivity index (χ3v) is 4.36. The van der Waals surface area contributed by atoms with Gasteiger partial charge in [0.15, 0.2) is 0 Å². The van der Waals surface area contributed by atoms with Gasteiger partial charge in [0.1, 0.15) is 0 Å². The van der Waals surface area contributed by atoms with Gasteiger partial charge in [-0.2, -0.15) is 0 Å². The predicted molar refractivity (Wildman–Crippen MR) is 82.1 cm³/mol. The van der Waals surface area contributed by atoms with Crippen molar-refractivity contribution in [1.82, 2.24) is 0 Å². The summed E-state index contributed by atoms with van der Waals surface area (Å²) >= 11 is 7.12. The Kier molecular flexibility index (Phi) is 6.75. The molecule has 0 heterocycles. The third-order valence-electron chi connectivity index (χ3n) is 3.14. The van der Waals surface area contributed by atoms with Crippen LogP contribution in [-0.2, 0) is 0 Å². The van der Waals surface area contributed by atoms with E-state index in [9.17, 15) is 0 Å². The summed E-state index contributed by atoms with van der Waals surface area (Å²) < 4.78 is 2.21. The Labute approximate surface area is 121 Å². The average molecular weight is 363 g/mol. The van der Waals surface area contributed by atoms with Crippen LogP contribution in [0.1, 0.15) is 51.1 Å². The van der Waals surface area contributed by atoms with Gasteiger partial charge in [-0.15, -0.1) is 0 Å². The Morgan fingerprint density at radius 1 is 1.12 bits per heavy atom. The highest BCUT2D eigenvalue weighted by Crippen LogP contribution is 2.33. The number of benzene rings is 1. The lowest BCUT2D eigenvalue weighted by Crippen LogP contribution is -2.22. The van der Waals surface area contributed by atoms with Crippen LogP contribution >= 0.6 is 31.9 Å². The summed E-state index contributed by atoms with van der Waals surface area (Å²) in [5.41, 5.74) is 7.64. The molecule has 3 heteroatoms. The fraction of sp³-hybridized carbons (Fsp3) is 0.571. The molecule has 96 valence electrons. The molecule has 2 N–H and O–H groups in total. The summed E-state index contributed by atoms with van der Waals surface area (Å²) in [5, 5.41) is 0.